The van der Waals surface area contributed by atoms with Crippen LogP contribution in [0.5, 0.6) is 0 Å². The number of anilines is 1. The summed E-state index contributed by atoms with van der Waals surface area (Å²) in [5.74, 6) is -5.17. The van der Waals surface area contributed by atoms with E-state index in [9.17, 15) is 44.3 Å². The van der Waals surface area contributed by atoms with E-state index in [0.717, 1.165) is 18.2 Å². The summed E-state index contributed by atoms with van der Waals surface area (Å²) in [4.78, 5) is 24.1. The van der Waals surface area contributed by atoms with Crippen LogP contribution in [0.1, 0.15) is 15.9 Å². The molecule has 2 N–H and O–H groups in total. The number of alkyl halides is 6. The molecule has 2 aromatic rings. The third kappa shape index (κ3) is 7.11. The predicted octanol–water partition coefficient (Wildman–Crippen LogP) is 2.60. The highest BCUT2D eigenvalue weighted by Gasteiger charge is 2.76. The number of ether oxygens (including phenoxy) is 2. The highest BCUT2D eigenvalue weighted by Crippen LogP contribution is 2.47. The summed E-state index contributed by atoms with van der Waals surface area (Å²) in [5.41, 5.74) is -5.65. The minimum absolute atomic E-state index is 0.00968. The second kappa shape index (κ2) is 10.2. The third-order valence-electron chi connectivity index (χ3n) is 4.48. The van der Waals surface area contributed by atoms with Gasteiger partial charge in [-0.05, 0) is 17.7 Å². The summed E-state index contributed by atoms with van der Waals surface area (Å²) in [6.45, 7) is -0.0964. The summed E-state index contributed by atoms with van der Waals surface area (Å²) in [7, 11) is -4.64. The number of amides is 1. The largest absolute Gasteiger partial charge is 0.444 e. The molecule has 16 heteroatoms. The molecule has 0 fully saturated rings. The van der Waals surface area contributed by atoms with Crippen molar-refractivity contribution >= 4 is 41.2 Å². The Bertz CT molecular complexity index is 1170. The zero-order chi connectivity index (χ0) is 26.7. The van der Waals surface area contributed by atoms with E-state index in [1.54, 1.807) is 30.3 Å². The zero-order valence-electron chi connectivity index (χ0n) is 17.6. The lowest BCUT2D eigenvalue weighted by Crippen LogP contribution is -2.63. The molecule has 0 atom stereocenters. The first-order valence-electron chi connectivity index (χ1n) is 9.35. The number of carbonyl (C=O) groups is 2. The van der Waals surface area contributed by atoms with Crippen LogP contribution >= 0.6 is 0 Å². The van der Waals surface area contributed by atoms with Crippen molar-refractivity contribution in [2.75, 3.05) is 11.1 Å². The van der Waals surface area contributed by atoms with Crippen molar-refractivity contribution in [3.05, 3.63) is 59.7 Å². The maximum Gasteiger partial charge on any atom is 0.438 e. The third-order valence-corrected chi connectivity index (χ3v) is 5.25. The summed E-state index contributed by atoms with van der Waals surface area (Å²) >= 11 is 0. The number of rotatable bonds is 7. The van der Waals surface area contributed by atoms with Gasteiger partial charge in [0.2, 0.25) is 0 Å². The van der Waals surface area contributed by atoms with Gasteiger partial charge in [-0.1, -0.05) is 41.9 Å². The van der Waals surface area contributed by atoms with Crippen molar-refractivity contribution < 1.29 is 58.4 Å². The Hall–Kier alpha value is -3.27. The van der Waals surface area contributed by atoms with Crippen LogP contribution in [0.25, 0.3) is 0 Å². The first kappa shape index (κ1) is 28.0. The molecule has 2 rings (SSSR count). The van der Waals surface area contributed by atoms with Crippen molar-refractivity contribution in [1.29, 1.82) is 0 Å². The average molecular weight is 527 g/mol. The molecule has 35 heavy (non-hydrogen) atoms. The Kier molecular flexibility index (Phi) is 8.12. The van der Waals surface area contributed by atoms with Crippen LogP contribution in [-0.2, 0) is 26.2 Å². The molecule has 0 unspecified atom stereocenters. The number of hydrogen-bond donors (Lipinski definition) is 2. The Labute approximate surface area is 195 Å². The van der Waals surface area contributed by atoms with Crippen molar-refractivity contribution in [3.63, 3.8) is 0 Å². The minimum Gasteiger partial charge on any atom is -0.444 e. The van der Waals surface area contributed by atoms with Gasteiger partial charge >= 0.3 is 30.0 Å². The van der Waals surface area contributed by atoms with Crippen LogP contribution in [0.2, 0.25) is 0 Å². The summed E-state index contributed by atoms with van der Waals surface area (Å²) in [5, 5.41) is 2.29. The molecule has 0 bridgehead atoms. The molecule has 0 saturated heterocycles. The lowest BCUT2D eigenvalue weighted by Gasteiger charge is -2.35. The van der Waals surface area contributed by atoms with Crippen LogP contribution in [-0.4, -0.2) is 56.6 Å². The quantitative estimate of drug-likeness (QED) is 0.246. The molecule has 8 nitrogen and oxygen atoms in total. The molecule has 0 saturated carbocycles. The van der Waals surface area contributed by atoms with Crippen molar-refractivity contribution in [3.8, 4) is 0 Å². The first-order valence-corrected chi connectivity index (χ1v) is 11.0. The van der Waals surface area contributed by atoms with E-state index in [1.807, 2.05) is 0 Å². The van der Waals surface area contributed by atoms with E-state index in [4.69, 9.17) is 9.29 Å². The van der Waals surface area contributed by atoms with Gasteiger partial charge < -0.3 is 9.47 Å². The van der Waals surface area contributed by atoms with Crippen LogP contribution in [0.15, 0.2) is 48.5 Å². The second-order valence-electron chi connectivity index (χ2n) is 7.15. The molecule has 0 heterocycles. The minimum atomic E-state index is -6.45. The van der Waals surface area contributed by atoms with Gasteiger partial charge in [-0.15, -0.1) is 0 Å². The molecule has 0 aliphatic heterocycles. The van der Waals surface area contributed by atoms with Gasteiger partial charge in [0.05, 0.1) is 5.56 Å². The monoisotopic (exact) mass is 527 g/mol. The molecular formula is C19H16BF6NO7S. The molecule has 190 valence electrons. The maximum atomic E-state index is 13.3. The standard InChI is InChI=1S/C19H16BF6NO7S/c20-13-8-12(6-7-14(13)27-16(29)33-9-11-4-2-1-3-5-11)15(28)34-17(18(21,22)23,19(24,25)26)10-35(30,31)32/h1-8H,9-10,20H2,(H,27,29)(H,30,31,32). The van der Waals surface area contributed by atoms with Crippen molar-refractivity contribution in [2.45, 2.75) is 24.6 Å². The molecule has 0 aromatic heterocycles. The molecule has 2 aromatic carbocycles. The number of hydrogen-bond acceptors (Lipinski definition) is 6. The number of benzene rings is 2. The van der Waals surface area contributed by atoms with Gasteiger partial charge in [-0.25, -0.2) is 9.59 Å². The Balaban J connectivity index is 2.23. The summed E-state index contributed by atoms with van der Waals surface area (Å²) in [6, 6.07) is 11.1. The normalized spacial score (nSPS) is 12.7. The van der Waals surface area contributed by atoms with Gasteiger partial charge in [0, 0.05) is 5.69 Å². The summed E-state index contributed by atoms with van der Waals surface area (Å²) in [6.07, 6.45) is -13.8. The lowest BCUT2D eigenvalue weighted by molar-refractivity contribution is -0.356. The average Bonchev–Trinajstić information content (AvgIpc) is 2.71. The van der Waals surface area contributed by atoms with Crippen LogP contribution in [0.4, 0.5) is 36.8 Å². The van der Waals surface area contributed by atoms with E-state index in [0.29, 0.717) is 5.56 Å². The Morgan fingerprint density at radius 2 is 1.54 bits per heavy atom. The van der Waals surface area contributed by atoms with Crippen molar-refractivity contribution in [2.24, 2.45) is 0 Å². The van der Waals surface area contributed by atoms with Gasteiger partial charge in [-0.3, -0.25) is 9.87 Å². The van der Waals surface area contributed by atoms with Crippen LogP contribution < -0.4 is 10.8 Å². The molecule has 1 amide bonds. The fourth-order valence-electron chi connectivity index (χ4n) is 2.74. The fraction of sp³-hybridized carbons (Fsp3) is 0.263. The number of esters is 1. The fourth-order valence-corrected chi connectivity index (χ4v) is 3.64. The lowest BCUT2D eigenvalue weighted by atomic mass is 9.92. The topological polar surface area (TPSA) is 119 Å². The van der Waals surface area contributed by atoms with Crippen molar-refractivity contribution in [1.82, 2.24) is 0 Å². The van der Waals surface area contributed by atoms with E-state index in [1.165, 1.54) is 7.85 Å². The smallest absolute Gasteiger partial charge is 0.438 e. The van der Waals surface area contributed by atoms with E-state index >= 15 is 0 Å². The van der Waals surface area contributed by atoms with Gasteiger partial charge in [0.25, 0.3) is 10.1 Å². The number of nitrogens with one attached hydrogen (secondary N) is 1. The number of halogens is 6. The van der Waals surface area contributed by atoms with E-state index < -0.39 is 51.5 Å². The highest BCUT2D eigenvalue weighted by molar-refractivity contribution is 7.85. The molecular weight excluding hydrogens is 511 g/mol. The van der Waals surface area contributed by atoms with Gasteiger partial charge in [-0.2, -0.15) is 34.8 Å². The Morgan fingerprint density at radius 1 is 0.971 bits per heavy atom. The summed E-state index contributed by atoms with van der Waals surface area (Å²) < 4.78 is 119. The predicted molar refractivity (Wildman–Crippen MR) is 112 cm³/mol. The van der Waals surface area contributed by atoms with Crippen LogP contribution in [0.3, 0.4) is 0 Å². The molecule has 0 spiro atoms. The second-order valence-corrected chi connectivity index (χ2v) is 8.61. The molecule has 0 aliphatic carbocycles. The van der Waals surface area contributed by atoms with E-state index in [-0.39, 0.29) is 17.8 Å². The first-order chi connectivity index (χ1) is 16.0. The Morgan fingerprint density at radius 3 is 2.03 bits per heavy atom. The van der Waals surface area contributed by atoms with Crippen LogP contribution in [0, 0.1) is 0 Å². The van der Waals surface area contributed by atoms with Gasteiger partial charge in [0.15, 0.2) is 0 Å². The molecule has 0 radical (unpaired) electrons. The highest BCUT2D eigenvalue weighted by atomic mass is 32.2. The molecule has 0 aliphatic rings. The number of carbonyl (C=O) groups excluding carboxylic acids is 2. The zero-order valence-corrected chi connectivity index (χ0v) is 18.4. The van der Waals surface area contributed by atoms with Gasteiger partial charge in [0.1, 0.15) is 20.2 Å². The SMILES string of the molecule is Bc1cc(C(=O)OC(CS(=O)(=O)O)(C(F)(F)F)C(F)(F)F)ccc1NC(=O)OCc1ccccc1. The van der Waals surface area contributed by atoms with E-state index in [2.05, 4.69) is 10.1 Å². The maximum absolute atomic E-state index is 13.3.